The quantitative estimate of drug-likeness (QED) is 0.482. The summed E-state index contributed by atoms with van der Waals surface area (Å²) < 4.78 is 0. The predicted molar refractivity (Wildman–Crippen MR) is 107 cm³/mol. The number of carbonyl (C=O) groups is 3. The van der Waals surface area contributed by atoms with Gasteiger partial charge in [0.1, 0.15) is 18.2 Å². The van der Waals surface area contributed by atoms with Gasteiger partial charge >= 0.3 is 6.03 Å². The van der Waals surface area contributed by atoms with Crippen molar-refractivity contribution in [2.75, 3.05) is 11.9 Å². The van der Waals surface area contributed by atoms with Gasteiger partial charge in [-0.15, -0.1) is 0 Å². The summed E-state index contributed by atoms with van der Waals surface area (Å²) in [4.78, 5) is 38.1. The van der Waals surface area contributed by atoms with Gasteiger partial charge in [0, 0.05) is 5.69 Å². The number of nitriles is 1. The highest BCUT2D eigenvalue weighted by Gasteiger charge is 2.47. The molecule has 4 amide bonds. The lowest BCUT2D eigenvalue weighted by Crippen LogP contribution is -2.44. The van der Waals surface area contributed by atoms with E-state index in [0.29, 0.717) is 17.7 Å². The number of carbonyl (C=O) groups excluding carboxylic acids is 3. The zero-order chi connectivity index (χ0) is 20.7. The zero-order valence-corrected chi connectivity index (χ0v) is 16.9. The normalized spacial score (nSPS) is 18.7. The maximum Gasteiger partial charge on any atom is 0.325 e. The number of unbranched alkanes of at least 4 members (excludes halogenated alkanes) is 4. The summed E-state index contributed by atoms with van der Waals surface area (Å²) in [6.45, 7) is 3.45. The minimum Gasteiger partial charge on any atom is -0.324 e. The standard InChI is InChI=1S/C20H25ClN4O3/c1-3-4-5-6-7-10-20(2)18(27)25(19(28)24-20)13-17(26)23-15-9-8-14(12-22)16(21)11-15/h8-9,11H,3-7,10,13H2,1-2H3,(H,23,26)(H,24,28). The van der Waals surface area contributed by atoms with E-state index in [4.69, 9.17) is 16.9 Å². The fourth-order valence-corrected chi connectivity index (χ4v) is 3.39. The third-order valence-electron chi connectivity index (χ3n) is 4.80. The first-order valence-corrected chi connectivity index (χ1v) is 9.82. The van der Waals surface area contributed by atoms with Crippen molar-refractivity contribution in [3.8, 4) is 6.07 Å². The lowest BCUT2D eigenvalue weighted by Gasteiger charge is -2.21. The Morgan fingerprint density at radius 1 is 1.29 bits per heavy atom. The molecule has 1 saturated heterocycles. The van der Waals surface area contributed by atoms with Crippen LogP contribution in [0.3, 0.4) is 0 Å². The molecular weight excluding hydrogens is 380 g/mol. The number of imide groups is 1. The highest BCUT2D eigenvalue weighted by atomic mass is 35.5. The van der Waals surface area contributed by atoms with E-state index in [9.17, 15) is 14.4 Å². The number of urea groups is 1. The lowest BCUT2D eigenvalue weighted by molar-refractivity contribution is -0.133. The van der Waals surface area contributed by atoms with E-state index in [2.05, 4.69) is 17.6 Å². The van der Waals surface area contributed by atoms with Gasteiger partial charge in [0.25, 0.3) is 5.91 Å². The number of anilines is 1. The SMILES string of the molecule is CCCCCCCC1(C)NC(=O)N(CC(=O)Nc2ccc(C#N)c(Cl)c2)C1=O. The van der Waals surface area contributed by atoms with E-state index in [1.165, 1.54) is 18.2 Å². The molecule has 0 spiro atoms. The van der Waals surface area contributed by atoms with Crippen LogP contribution < -0.4 is 10.6 Å². The third kappa shape index (κ3) is 5.23. The van der Waals surface area contributed by atoms with Gasteiger partial charge in [-0.25, -0.2) is 4.79 Å². The average molecular weight is 405 g/mol. The van der Waals surface area contributed by atoms with Gasteiger partial charge in [0.15, 0.2) is 0 Å². The molecule has 8 heteroatoms. The summed E-state index contributed by atoms with van der Waals surface area (Å²) >= 11 is 5.94. The molecule has 1 aliphatic rings. The minimum atomic E-state index is -0.971. The summed E-state index contributed by atoms with van der Waals surface area (Å²) in [5.41, 5.74) is -0.287. The molecule has 0 aromatic heterocycles. The highest BCUT2D eigenvalue weighted by Crippen LogP contribution is 2.25. The monoisotopic (exact) mass is 404 g/mol. The number of hydrogen-bond donors (Lipinski definition) is 2. The van der Waals surface area contributed by atoms with Gasteiger partial charge in [-0.1, -0.05) is 50.6 Å². The first-order valence-electron chi connectivity index (χ1n) is 9.44. The van der Waals surface area contributed by atoms with Crippen molar-refractivity contribution in [1.29, 1.82) is 5.26 Å². The second kappa shape index (κ2) is 9.56. The van der Waals surface area contributed by atoms with Crippen molar-refractivity contribution < 1.29 is 14.4 Å². The number of rotatable bonds is 9. The van der Waals surface area contributed by atoms with Crippen LogP contribution in [0.5, 0.6) is 0 Å². The van der Waals surface area contributed by atoms with Crippen LogP contribution in [0.15, 0.2) is 18.2 Å². The second-order valence-electron chi connectivity index (χ2n) is 7.17. The molecule has 1 aromatic carbocycles. The van der Waals surface area contributed by atoms with Crippen molar-refractivity contribution in [1.82, 2.24) is 10.2 Å². The Morgan fingerprint density at radius 2 is 2.00 bits per heavy atom. The minimum absolute atomic E-state index is 0.214. The molecule has 150 valence electrons. The molecule has 1 aromatic rings. The summed E-state index contributed by atoms with van der Waals surface area (Å²) in [6, 6.07) is 5.84. The number of benzene rings is 1. The van der Waals surface area contributed by atoms with Crippen LogP contribution in [0.4, 0.5) is 10.5 Å². The summed E-state index contributed by atoms with van der Waals surface area (Å²) in [7, 11) is 0. The molecule has 1 aliphatic heterocycles. The van der Waals surface area contributed by atoms with E-state index in [1.807, 2.05) is 6.07 Å². The summed E-state index contributed by atoms with van der Waals surface area (Å²) in [6.07, 6.45) is 5.79. The molecule has 0 aliphatic carbocycles. The predicted octanol–water partition coefficient (Wildman–Crippen LogP) is 3.82. The smallest absolute Gasteiger partial charge is 0.324 e. The van der Waals surface area contributed by atoms with E-state index in [1.54, 1.807) is 6.92 Å². The Morgan fingerprint density at radius 3 is 2.64 bits per heavy atom. The lowest BCUT2D eigenvalue weighted by atomic mass is 9.94. The molecule has 0 bridgehead atoms. The van der Waals surface area contributed by atoms with Gasteiger partial charge in [0.05, 0.1) is 10.6 Å². The third-order valence-corrected chi connectivity index (χ3v) is 5.11. The Kier molecular flexibility index (Phi) is 7.41. The Labute approximate surface area is 170 Å². The van der Waals surface area contributed by atoms with E-state index in [-0.39, 0.29) is 17.5 Å². The first-order chi connectivity index (χ1) is 13.3. The molecule has 1 atom stereocenters. The molecule has 1 fully saturated rings. The van der Waals surface area contributed by atoms with Gasteiger partial charge < -0.3 is 10.6 Å². The molecule has 2 N–H and O–H groups in total. The number of hydrogen-bond acceptors (Lipinski definition) is 4. The van der Waals surface area contributed by atoms with Gasteiger partial charge in [-0.3, -0.25) is 14.5 Å². The van der Waals surface area contributed by atoms with Gasteiger partial charge in [-0.05, 0) is 31.5 Å². The Bertz CT molecular complexity index is 805. The first kappa shape index (κ1) is 21.7. The Balaban J connectivity index is 1.93. The molecule has 1 unspecified atom stereocenters. The van der Waals surface area contributed by atoms with Crippen molar-refractivity contribution in [3.05, 3.63) is 28.8 Å². The average Bonchev–Trinajstić information content (AvgIpc) is 2.85. The molecular formula is C20H25ClN4O3. The van der Waals surface area contributed by atoms with E-state index < -0.39 is 17.5 Å². The van der Waals surface area contributed by atoms with Crippen LogP contribution >= 0.6 is 11.6 Å². The maximum absolute atomic E-state index is 12.7. The van der Waals surface area contributed by atoms with Crippen LogP contribution in [-0.4, -0.2) is 34.8 Å². The number of nitrogens with zero attached hydrogens (tertiary/aromatic N) is 2. The molecule has 7 nitrogen and oxygen atoms in total. The molecule has 0 radical (unpaired) electrons. The highest BCUT2D eigenvalue weighted by molar-refractivity contribution is 6.32. The van der Waals surface area contributed by atoms with E-state index >= 15 is 0 Å². The second-order valence-corrected chi connectivity index (χ2v) is 7.58. The van der Waals surface area contributed by atoms with Crippen molar-refractivity contribution in [2.24, 2.45) is 0 Å². The summed E-state index contributed by atoms with van der Waals surface area (Å²) in [5, 5.41) is 14.4. The van der Waals surface area contributed by atoms with Crippen LogP contribution in [0.2, 0.25) is 5.02 Å². The molecule has 0 saturated carbocycles. The number of halogens is 1. The van der Waals surface area contributed by atoms with Crippen molar-refractivity contribution in [3.63, 3.8) is 0 Å². The van der Waals surface area contributed by atoms with Crippen LogP contribution in [0.1, 0.15) is 57.9 Å². The van der Waals surface area contributed by atoms with Crippen LogP contribution in [0, 0.1) is 11.3 Å². The van der Waals surface area contributed by atoms with Crippen molar-refractivity contribution in [2.45, 2.75) is 57.9 Å². The van der Waals surface area contributed by atoms with Gasteiger partial charge in [-0.2, -0.15) is 5.26 Å². The maximum atomic E-state index is 12.7. The van der Waals surface area contributed by atoms with E-state index in [0.717, 1.165) is 37.0 Å². The number of amides is 4. The van der Waals surface area contributed by atoms with Gasteiger partial charge in [0.2, 0.25) is 5.91 Å². The number of nitrogens with one attached hydrogen (secondary N) is 2. The molecule has 1 heterocycles. The van der Waals surface area contributed by atoms with Crippen molar-refractivity contribution >= 4 is 35.1 Å². The fourth-order valence-electron chi connectivity index (χ4n) is 3.17. The molecule has 2 rings (SSSR count). The van der Waals surface area contributed by atoms with Crippen LogP contribution in [0.25, 0.3) is 0 Å². The molecule has 28 heavy (non-hydrogen) atoms. The zero-order valence-electron chi connectivity index (χ0n) is 16.2. The summed E-state index contributed by atoms with van der Waals surface area (Å²) in [5.74, 6) is -0.905. The Hall–Kier alpha value is -2.59. The fraction of sp³-hybridized carbons (Fsp3) is 0.500. The van der Waals surface area contributed by atoms with Crippen LogP contribution in [-0.2, 0) is 9.59 Å². The topological polar surface area (TPSA) is 102 Å². The largest absolute Gasteiger partial charge is 0.325 e.